The molecule has 5 nitrogen and oxygen atoms in total. The van der Waals surface area contributed by atoms with Gasteiger partial charge >= 0.3 is 5.97 Å². The van der Waals surface area contributed by atoms with E-state index in [-0.39, 0.29) is 17.6 Å². The van der Waals surface area contributed by atoms with E-state index in [4.69, 9.17) is 9.47 Å². The first kappa shape index (κ1) is 16.8. The maximum Gasteiger partial charge on any atom is 0.343 e. The number of likely N-dealkylation sites (N-methyl/N-ethyl adjacent to an activating group) is 1. The van der Waals surface area contributed by atoms with Gasteiger partial charge in [0.2, 0.25) is 0 Å². The lowest BCUT2D eigenvalue weighted by atomic mass is 9.79. The number of carbonyl (C=O) groups is 2. The first-order valence-corrected chi connectivity index (χ1v) is 8.84. The molecule has 2 aromatic carbocycles. The van der Waals surface area contributed by atoms with E-state index < -0.39 is 5.97 Å². The summed E-state index contributed by atoms with van der Waals surface area (Å²) in [7, 11) is 3.61. The van der Waals surface area contributed by atoms with Crippen molar-refractivity contribution in [3.05, 3.63) is 58.7 Å². The summed E-state index contributed by atoms with van der Waals surface area (Å²) in [4.78, 5) is 27.6. The Morgan fingerprint density at radius 2 is 1.96 bits per heavy atom. The van der Waals surface area contributed by atoms with Gasteiger partial charge in [0, 0.05) is 19.0 Å². The lowest BCUT2D eigenvalue weighted by molar-refractivity contribution is 0.0724. The van der Waals surface area contributed by atoms with Crippen LogP contribution in [0.1, 0.15) is 50.7 Å². The van der Waals surface area contributed by atoms with Crippen LogP contribution >= 0.6 is 0 Å². The number of esters is 1. The molecule has 0 N–H and O–H groups in total. The highest BCUT2D eigenvalue weighted by atomic mass is 16.6. The fraction of sp³-hybridized carbons (Fsp3) is 0.333. The maximum atomic E-state index is 12.8. The van der Waals surface area contributed by atoms with Gasteiger partial charge in [-0.15, -0.1) is 0 Å². The number of methoxy groups -OCH3 is 1. The summed E-state index contributed by atoms with van der Waals surface area (Å²) in [5, 5.41) is 0. The molecule has 0 saturated carbocycles. The number of benzene rings is 2. The molecule has 26 heavy (non-hydrogen) atoms. The zero-order valence-electron chi connectivity index (χ0n) is 15.0. The minimum atomic E-state index is -0.487. The molecule has 0 unspecified atom stereocenters. The van der Waals surface area contributed by atoms with Crippen molar-refractivity contribution in [2.45, 2.75) is 25.3 Å². The van der Waals surface area contributed by atoms with E-state index in [1.165, 1.54) is 7.11 Å². The highest BCUT2D eigenvalue weighted by Crippen LogP contribution is 2.47. The van der Waals surface area contributed by atoms with E-state index in [0.29, 0.717) is 23.3 Å². The highest BCUT2D eigenvalue weighted by molar-refractivity contribution is 6.04. The van der Waals surface area contributed by atoms with Gasteiger partial charge < -0.3 is 9.47 Å². The normalized spacial score (nSPS) is 19.0. The average Bonchev–Trinajstić information content (AvgIpc) is 2.67. The predicted molar refractivity (Wildman–Crippen MR) is 97.0 cm³/mol. The van der Waals surface area contributed by atoms with Crippen molar-refractivity contribution in [1.82, 2.24) is 4.90 Å². The largest absolute Gasteiger partial charge is 0.493 e. The predicted octanol–water partition coefficient (Wildman–Crippen LogP) is 3.42. The third kappa shape index (κ3) is 2.69. The van der Waals surface area contributed by atoms with E-state index >= 15 is 0 Å². The first-order chi connectivity index (χ1) is 12.6. The Hall–Kier alpha value is -2.66. The summed E-state index contributed by atoms with van der Waals surface area (Å²) in [6.45, 7) is 0.942. The van der Waals surface area contributed by atoms with Gasteiger partial charge in [0.1, 0.15) is 0 Å². The molecule has 1 atom stereocenters. The number of rotatable bonds is 3. The van der Waals surface area contributed by atoms with Gasteiger partial charge in [-0.2, -0.15) is 0 Å². The van der Waals surface area contributed by atoms with Crippen LogP contribution in [0.25, 0.3) is 0 Å². The maximum absolute atomic E-state index is 12.8. The van der Waals surface area contributed by atoms with E-state index in [9.17, 15) is 9.59 Å². The van der Waals surface area contributed by atoms with Crippen molar-refractivity contribution in [2.24, 2.45) is 0 Å². The monoisotopic (exact) mass is 351 g/mol. The molecule has 0 radical (unpaired) electrons. The van der Waals surface area contributed by atoms with Gasteiger partial charge in [-0.05, 0) is 49.2 Å². The zero-order chi connectivity index (χ0) is 18.3. The Bertz CT molecular complexity index is 875. The van der Waals surface area contributed by atoms with Crippen LogP contribution in [0.15, 0.2) is 36.4 Å². The van der Waals surface area contributed by atoms with Crippen molar-refractivity contribution in [3.63, 3.8) is 0 Å². The Kier molecular flexibility index (Phi) is 4.24. The summed E-state index contributed by atoms with van der Waals surface area (Å²) in [5.74, 6) is 0.230. The van der Waals surface area contributed by atoms with Crippen LogP contribution in [-0.4, -0.2) is 37.4 Å². The third-order valence-corrected chi connectivity index (χ3v) is 5.32. The van der Waals surface area contributed by atoms with Crippen LogP contribution in [0, 0.1) is 0 Å². The van der Waals surface area contributed by atoms with Crippen LogP contribution in [0.5, 0.6) is 11.5 Å². The van der Waals surface area contributed by atoms with Crippen LogP contribution in [0.3, 0.4) is 0 Å². The van der Waals surface area contributed by atoms with E-state index in [1.807, 2.05) is 12.1 Å². The molecule has 4 rings (SSSR count). The fourth-order valence-electron chi connectivity index (χ4n) is 3.98. The van der Waals surface area contributed by atoms with Gasteiger partial charge in [-0.3, -0.25) is 9.69 Å². The molecule has 0 spiro atoms. The standard InChI is InChI=1S/C21H21NO4/c1-22-11-10-14-12-17(25-2)20(19-16(23)9-8-15(22)18(14)19)26-21(24)13-6-4-3-5-7-13/h3-7,12,15H,8-11H2,1-2H3/t15-/m0/s1. The number of hydrogen-bond donors (Lipinski definition) is 0. The van der Waals surface area contributed by atoms with Crippen molar-refractivity contribution in [3.8, 4) is 11.5 Å². The summed E-state index contributed by atoms with van der Waals surface area (Å²) in [5.41, 5.74) is 3.09. The van der Waals surface area contributed by atoms with Crippen LogP contribution < -0.4 is 9.47 Å². The van der Waals surface area contributed by atoms with Crippen LogP contribution in [-0.2, 0) is 6.42 Å². The van der Waals surface area contributed by atoms with Gasteiger partial charge in [0.25, 0.3) is 0 Å². The van der Waals surface area contributed by atoms with Crippen molar-refractivity contribution in [1.29, 1.82) is 0 Å². The van der Waals surface area contributed by atoms with E-state index in [0.717, 1.165) is 30.5 Å². The van der Waals surface area contributed by atoms with E-state index in [2.05, 4.69) is 11.9 Å². The second kappa shape index (κ2) is 6.57. The lowest BCUT2D eigenvalue weighted by Gasteiger charge is -2.39. The number of carbonyl (C=O) groups excluding carboxylic acids is 2. The second-order valence-electron chi connectivity index (χ2n) is 6.82. The minimum absolute atomic E-state index is 0.0163. The molecule has 2 aliphatic rings. The molecule has 1 aliphatic carbocycles. The van der Waals surface area contributed by atoms with Crippen LogP contribution in [0.2, 0.25) is 0 Å². The lowest BCUT2D eigenvalue weighted by Crippen LogP contribution is -2.36. The highest BCUT2D eigenvalue weighted by Gasteiger charge is 2.37. The first-order valence-electron chi connectivity index (χ1n) is 8.84. The summed E-state index contributed by atoms with van der Waals surface area (Å²) in [6.07, 6.45) is 2.10. The van der Waals surface area contributed by atoms with Crippen molar-refractivity contribution < 1.29 is 19.1 Å². The molecule has 1 aliphatic heterocycles. The van der Waals surface area contributed by atoms with Gasteiger partial charge in [0.15, 0.2) is 17.3 Å². The second-order valence-corrected chi connectivity index (χ2v) is 6.82. The minimum Gasteiger partial charge on any atom is -0.493 e. The number of hydrogen-bond acceptors (Lipinski definition) is 5. The molecule has 0 saturated heterocycles. The van der Waals surface area contributed by atoms with Crippen LogP contribution in [0.4, 0.5) is 0 Å². The Labute approximate surface area is 152 Å². The molecule has 0 amide bonds. The number of Topliss-reactive ketones (excluding diaryl/α,β-unsaturated/α-hetero) is 1. The SMILES string of the molecule is COc1cc2c3c(c1OC(=O)c1ccccc1)C(=O)CC[C@@H]3N(C)CC2. The summed E-state index contributed by atoms with van der Waals surface area (Å²) >= 11 is 0. The smallest absolute Gasteiger partial charge is 0.343 e. The number of nitrogens with zero attached hydrogens (tertiary/aromatic N) is 1. The fourth-order valence-corrected chi connectivity index (χ4v) is 3.98. The third-order valence-electron chi connectivity index (χ3n) is 5.32. The van der Waals surface area contributed by atoms with Crippen molar-refractivity contribution in [2.75, 3.05) is 20.7 Å². The van der Waals surface area contributed by atoms with Gasteiger partial charge in [0.05, 0.1) is 18.2 Å². The van der Waals surface area contributed by atoms with Crippen molar-refractivity contribution >= 4 is 11.8 Å². The molecule has 2 aromatic rings. The molecular formula is C21H21NO4. The average molecular weight is 351 g/mol. The molecule has 1 heterocycles. The number of ketones is 1. The Balaban J connectivity index is 1.84. The molecule has 0 aromatic heterocycles. The zero-order valence-corrected chi connectivity index (χ0v) is 15.0. The molecule has 134 valence electrons. The summed E-state index contributed by atoms with van der Waals surface area (Å²) in [6, 6.07) is 10.9. The summed E-state index contributed by atoms with van der Waals surface area (Å²) < 4.78 is 11.2. The van der Waals surface area contributed by atoms with E-state index in [1.54, 1.807) is 24.3 Å². The molecular weight excluding hydrogens is 330 g/mol. The Morgan fingerprint density at radius 3 is 2.69 bits per heavy atom. The van der Waals surface area contributed by atoms with Gasteiger partial charge in [-0.25, -0.2) is 4.79 Å². The Morgan fingerprint density at radius 1 is 1.19 bits per heavy atom. The molecule has 0 fully saturated rings. The quantitative estimate of drug-likeness (QED) is 0.626. The molecule has 0 bridgehead atoms. The van der Waals surface area contributed by atoms with Gasteiger partial charge in [-0.1, -0.05) is 18.2 Å². The molecule has 5 heteroatoms. The number of ether oxygens (including phenoxy) is 2. The topological polar surface area (TPSA) is 55.8 Å².